The SMILES string of the molecule is CCNC1(c2nccs2)CCOC(CC)C1. The van der Waals surface area contributed by atoms with Gasteiger partial charge < -0.3 is 10.1 Å². The van der Waals surface area contributed by atoms with Crippen molar-refractivity contribution in [2.24, 2.45) is 0 Å². The minimum Gasteiger partial charge on any atom is -0.378 e. The summed E-state index contributed by atoms with van der Waals surface area (Å²) < 4.78 is 5.76. The summed E-state index contributed by atoms with van der Waals surface area (Å²) in [6.07, 6.45) is 5.43. The summed E-state index contributed by atoms with van der Waals surface area (Å²) in [6, 6.07) is 0. The molecule has 1 N–H and O–H groups in total. The smallest absolute Gasteiger partial charge is 0.113 e. The fraction of sp³-hybridized carbons (Fsp3) is 0.750. The number of nitrogens with zero attached hydrogens (tertiary/aromatic N) is 1. The summed E-state index contributed by atoms with van der Waals surface area (Å²) in [5.74, 6) is 0. The van der Waals surface area contributed by atoms with Crippen LogP contribution in [0.5, 0.6) is 0 Å². The first-order valence-corrected chi connectivity index (χ1v) is 6.95. The number of rotatable bonds is 4. The number of hydrogen-bond donors (Lipinski definition) is 1. The second-order valence-electron chi connectivity index (χ2n) is 4.30. The van der Waals surface area contributed by atoms with Crippen molar-refractivity contribution in [3.63, 3.8) is 0 Å². The summed E-state index contributed by atoms with van der Waals surface area (Å²) >= 11 is 1.75. The first kappa shape index (κ1) is 12.0. The van der Waals surface area contributed by atoms with Gasteiger partial charge in [0.1, 0.15) is 5.01 Å². The van der Waals surface area contributed by atoms with Crippen LogP contribution in [0.4, 0.5) is 0 Å². The number of thiazole rings is 1. The average molecular weight is 240 g/mol. The van der Waals surface area contributed by atoms with Gasteiger partial charge in [-0.2, -0.15) is 0 Å². The third-order valence-electron chi connectivity index (χ3n) is 3.27. The van der Waals surface area contributed by atoms with Gasteiger partial charge in [-0.1, -0.05) is 13.8 Å². The van der Waals surface area contributed by atoms with E-state index in [1.54, 1.807) is 11.3 Å². The van der Waals surface area contributed by atoms with Gasteiger partial charge >= 0.3 is 0 Å². The molecular formula is C12H20N2OS. The van der Waals surface area contributed by atoms with Crippen molar-refractivity contribution in [2.75, 3.05) is 13.2 Å². The molecule has 1 fully saturated rings. The molecule has 0 aliphatic carbocycles. The Morgan fingerprint density at radius 3 is 3.12 bits per heavy atom. The standard InChI is InChI=1S/C12H20N2OS/c1-3-10-9-12(14-4-2,5-7-15-10)11-13-6-8-16-11/h6,8,10,14H,3-5,7,9H2,1-2H3. The highest BCUT2D eigenvalue weighted by molar-refractivity contribution is 7.09. The molecule has 16 heavy (non-hydrogen) atoms. The average Bonchev–Trinajstić information content (AvgIpc) is 2.84. The molecule has 2 atom stereocenters. The Bertz CT molecular complexity index is 311. The molecule has 1 aromatic heterocycles. The molecule has 0 amide bonds. The van der Waals surface area contributed by atoms with E-state index in [4.69, 9.17) is 4.74 Å². The minimum absolute atomic E-state index is 0.0574. The second kappa shape index (κ2) is 5.25. The van der Waals surface area contributed by atoms with Crippen molar-refractivity contribution in [1.82, 2.24) is 10.3 Å². The van der Waals surface area contributed by atoms with Crippen LogP contribution in [0, 0.1) is 0 Å². The molecule has 0 spiro atoms. The predicted molar refractivity (Wildman–Crippen MR) is 66.7 cm³/mol. The van der Waals surface area contributed by atoms with E-state index >= 15 is 0 Å². The van der Waals surface area contributed by atoms with Crippen molar-refractivity contribution in [1.29, 1.82) is 0 Å². The highest BCUT2D eigenvalue weighted by Gasteiger charge is 2.39. The van der Waals surface area contributed by atoms with Crippen molar-refractivity contribution in [3.05, 3.63) is 16.6 Å². The molecule has 4 heteroatoms. The first-order chi connectivity index (χ1) is 7.80. The van der Waals surface area contributed by atoms with Crippen LogP contribution >= 0.6 is 11.3 Å². The summed E-state index contributed by atoms with van der Waals surface area (Å²) in [5.41, 5.74) is 0.0574. The van der Waals surface area contributed by atoms with Gasteiger partial charge in [0.15, 0.2) is 0 Å². The molecule has 0 bridgehead atoms. The van der Waals surface area contributed by atoms with E-state index in [-0.39, 0.29) is 5.54 Å². The molecule has 1 aromatic rings. The molecule has 1 aliphatic rings. The number of nitrogens with one attached hydrogen (secondary N) is 1. The van der Waals surface area contributed by atoms with Gasteiger partial charge in [0.25, 0.3) is 0 Å². The summed E-state index contributed by atoms with van der Waals surface area (Å²) in [7, 11) is 0. The second-order valence-corrected chi connectivity index (χ2v) is 5.20. The lowest BCUT2D eigenvalue weighted by Gasteiger charge is -2.40. The maximum atomic E-state index is 5.76. The first-order valence-electron chi connectivity index (χ1n) is 6.07. The van der Waals surface area contributed by atoms with E-state index in [1.165, 1.54) is 5.01 Å². The molecular weight excluding hydrogens is 220 g/mol. The molecule has 0 aromatic carbocycles. The Morgan fingerprint density at radius 2 is 2.50 bits per heavy atom. The van der Waals surface area contributed by atoms with E-state index in [9.17, 15) is 0 Å². The molecule has 2 rings (SSSR count). The van der Waals surface area contributed by atoms with Crippen molar-refractivity contribution >= 4 is 11.3 Å². The maximum absolute atomic E-state index is 5.76. The van der Waals surface area contributed by atoms with Crippen LogP contribution in [0.15, 0.2) is 11.6 Å². The third kappa shape index (κ3) is 2.29. The Hall–Kier alpha value is -0.450. The Morgan fingerprint density at radius 1 is 1.62 bits per heavy atom. The highest BCUT2D eigenvalue weighted by atomic mass is 32.1. The lowest BCUT2D eigenvalue weighted by atomic mass is 9.86. The molecule has 90 valence electrons. The Balaban J connectivity index is 2.21. The number of aromatic nitrogens is 1. The summed E-state index contributed by atoms with van der Waals surface area (Å²) in [4.78, 5) is 4.50. The largest absolute Gasteiger partial charge is 0.378 e. The van der Waals surface area contributed by atoms with E-state index in [0.29, 0.717) is 6.10 Å². The zero-order valence-corrected chi connectivity index (χ0v) is 10.8. The van der Waals surface area contributed by atoms with Gasteiger partial charge in [-0.05, 0) is 25.8 Å². The van der Waals surface area contributed by atoms with Gasteiger partial charge in [0.2, 0.25) is 0 Å². The predicted octanol–water partition coefficient (Wildman–Crippen LogP) is 2.54. The number of hydrogen-bond acceptors (Lipinski definition) is 4. The van der Waals surface area contributed by atoms with Crippen LogP contribution in [0.2, 0.25) is 0 Å². The molecule has 0 saturated carbocycles. The van der Waals surface area contributed by atoms with Crippen LogP contribution in [0.3, 0.4) is 0 Å². The van der Waals surface area contributed by atoms with Gasteiger partial charge in [0.05, 0.1) is 11.6 Å². The molecule has 0 radical (unpaired) electrons. The van der Waals surface area contributed by atoms with Crippen molar-refractivity contribution in [2.45, 2.75) is 44.8 Å². The van der Waals surface area contributed by atoms with Crippen LogP contribution in [0.1, 0.15) is 38.1 Å². The van der Waals surface area contributed by atoms with E-state index < -0.39 is 0 Å². The third-order valence-corrected chi connectivity index (χ3v) is 4.25. The normalized spacial score (nSPS) is 30.5. The highest BCUT2D eigenvalue weighted by Crippen LogP contribution is 2.36. The molecule has 1 aliphatic heterocycles. The Kier molecular flexibility index (Phi) is 3.95. The summed E-state index contributed by atoms with van der Waals surface area (Å²) in [6.45, 7) is 6.17. The van der Waals surface area contributed by atoms with Gasteiger partial charge in [0, 0.05) is 18.2 Å². The fourth-order valence-electron chi connectivity index (χ4n) is 2.44. The van der Waals surface area contributed by atoms with Crippen molar-refractivity contribution in [3.8, 4) is 0 Å². The van der Waals surface area contributed by atoms with Crippen LogP contribution in [-0.2, 0) is 10.3 Å². The van der Waals surface area contributed by atoms with E-state index in [1.807, 2.05) is 6.20 Å². The van der Waals surface area contributed by atoms with E-state index in [2.05, 4.69) is 29.5 Å². The molecule has 2 heterocycles. The minimum atomic E-state index is 0.0574. The van der Waals surface area contributed by atoms with Gasteiger partial charge in [-0.15, -0.1) is 11.3 Å². The zero-order chi connectivity index (χ0) is 11.4. The summed E-state index contributed by atoms with van der Waals surface area (Å²) in [5, 5.41) is 6.91. The van der Waals surface area contributed by atoms with E-state index in [0.717, 1.165) is 32.4 Å². The van der Waals surface area contributed by atoms with Gasteiger partial charge in [-0.3, -0.25) is 0 Å². The van der Waals surface area contributed by atoms with Crippen LogP contribution in [0.25, 0.3) is 0 Å². The number of ether oxygens (including phenoxy) is 1. The lowest BCUT2D eigenvalue weighted by molar-refractivity contribution is -0.0319. The Labute approximate surface area is 101 Å². The zero-order valence-electron chi connectivity index (χ0n) is 10.0. The quantitative estimate of drug-likeness (QED) is 0.878. The fourth-order valence-corrected chi connectivity index (χ4v) is 3.30. The monoisotopic (exact) mass is 240 g/mol. The molecule has 2 unspecified atom stereocenters. The van der Waals surface area contributed by atoms with Crippen LogP contribution in [-0.4, -0.2) is 24.2 Å². The van der Waals surface area contributed by atoms with Crippen LogP contribution < -0.4 is 5.32 Å². The molecule has 1 saturated heterocycles. The van der Waals surface area contributed by atoms with Crippen molar-refractivity contribution < 1.29 is 4.74 Å². The lowest BCUT2D eigenvalue weighted by Crippen LogP contribution is -2.49. The topological polar surface area (TPSA) is 34.2 Å². The van der Waals surface area contributed by atoms with Gasteiger partial charge in [-0.25, -0.2) is 4.98 Å². The molecule has 3 nitrogen and oxygen atoms in total. The maximum Gasteiger partial charge on any atom is 0.113 e.